The first kappa shape index (κ1) is 19.3. The van der Waals surface area contributed by atoms with Crippen LogP contribution in [0.2, 0.25) is 0 Å². The molecule has 0 fully saturated rings. The summed E-state index contributed by atoms with van der Waals surface area (Å²) in [6.45, 7) is 3.64. The molecule has 0 bridgehead atoms. The Bertz CT molecular complexity index is 1060. The standard InChI is InChI=1S/C21H22N4O3/c1-14(2)23-19(26)11-15-7-9-17(10-8-15)24-20(27)13-25-21(28)18-6-4-3-5-16(18)12-22-25/h3-10,12,14H,11,13H2,1-2H3,(H,23,26)(H,24,27). The summed E-state index contributed by atoms with van der Waals surface area (Å²) in [6, 6.07) is 14.2. The minimum absolute atomic E-state index is 0.0476. The van der Waals surface area contributed by atoms with Crippen molar-refractivity contribution in [2.24, 2.45) is 0 Å². The van der Waals surface area contributed by atoms with E-state index in [0.29, 0.717) is 11.1 Å². The van der Waals surface area contributed by atoms with Crippen molar-refractivity contribution >= 4 is 28.3 Å². The fourth-order valence-electron chi connectivity index (χ4n) is 2.84. The van der Waals surface area contributed by atoms with Gasteiger partial charge in [-0.05, 0) is 37.6 Å². The number of anilines is 1. The summed E-state index contributed by atoms with van der Waals surface area (Å²) in [6.07, 6.45) is 1.85. The Kier molecular flexibility index (Phi) is 5.84. The van der Waals surface area contributed by atoms with Crippen molar-refractivity contribution in [3.05, 3.63) is 70.6 Å². The highest BCUT2D eigenvalue weighted by Crippen LogP contribution is 2.11. The Hall–Kier alpha value is -3.48. The molecule has 0 aliphatic rings. The van der Waals surface area contributed by atoms with Crippen LogP contribution in [0.1, 0.15) is 19.4 Å². The van der Waals surface area contributed by atoms with E-state index in [4.69, 9.17) is 0 Å². The SMILES string of the molecule is CC(C)NC(=O)Cc1ccc(NC(=O)Cn2ncc3ccccc3c2=O)cc1. The molecule has 3 aromatic rings. The van der Waals surface area contributed by atoms with Crippen molar-refractivity contribution < 1.29 is 9.59 Å². The van der Waals surface area contributed by atoms with Gasteiger partial charge in [-0.25, -0.2) is 4.68 Å². The number of amides is 2. The third-order valence-corrected chi connectivity index (χ3v) is 4.11. The molecule has 0 aliphatic heterocycles. The minimum Gasteiger partial charge on any atom is -0.354 e. The first-order valence-electron chi connectivity index (χ1n) is 9.05. The highest BCUT2D eigenvalue weighted by Gasteiger charge is 2.09. The first-order chi connectivity index (χ1) is 13.4. The normalized spacial score (nSPS) is 10.8. The molecule has 2 amide bonds. The van der Waals surface area contributed by atoms with Crippen molar-refractivity contribution in [2.45, 2.75) is 32.9 Å². The van der Waals surface area contributed by atoms with Gasteiger partial charge in [-0.15, -0.1) is 0 Å². The average Bonchev–Trinajstić information content (AvgIpc) is 2.65. The largest absolute Gasteiger partial charge is 0.354 e. The van der Waals surface area contributed by atoms with Gasteiger partial charge in [0, 0.05) is 17.1 Å². The van der Waals surface area contributed by atoms with Crippen LogP contribution >= 0.6 is 0 Å². The van der Waals surface area contributed by atoms with Crippen LogP contribution in [0, 0.1) is 0 Å². The number of fused-ring (bicyclic) bond motifs is 1. The summed E-state index contributed by atoms with van der Waals surface area (Å²) in [5.41, 5.74) is 1.13. The maximum Gasteiger partial charge on any atom is 0.275 e. The van der Waals surface area contributed by atoms with Crippen LogP contribution in [0.15, 0.2) is 59.5 Å². The average molecular weight is 378 g/mol. The number of rotatable bonds is 6. The number of carbonyl (C=O) groups excluding carboxylic acids is 2. The van der Waals surface area contributed by atoms with E-state index in [-0.39, 0.29) is 36.4 Å². The van der Waals surface area contributed by atoms with Crippen LogP contribution < -0.4 is 16.2 Å². The fraction of sp³-hybridized carbons (Fsp3) is 0.238. The lowest BCUT2D eigenvalue weighted by Crippen LogP contribution is -2.31. The maximum absolute atomic E-state index is 12.4. The monoisotopic (exact) mass is 378 g/mol. The summed E-state index contributed by atoms with van der Waals surface area (Å²) in [5.74, 6) is -0.399. The van der Waals surface area contributed by atoms with Gasteiger partial charge >= 0.3 is 0 Å². The molecule has 28 heavy (non-hydrogen) atoms. The number of carbonyl (C=O) groups is 2. The molecule has 2 N–H and O–H groups in total. The zero-order valence-electron chi connectivity index (χ0n) is 15.8. The highest BCUT2D eigenvalue weighted by molar-refractivity contribution is 5.91. The van der Waals surface area contributed by atoms with Gasteiger partial charge in [0.15, 0.2) is 0 Å². The molecule has 0 atom stereocenters. The lowest BCUT2D eigenvalue weighted by atomic mass is 10.1. The van der Waals surface area contributed by atoms with Gasteiger partial charge in [0.05, 0.1) is 18.0 Å². The van der Waals surface area contributed by atoms with Crippen LogP contribution in [-0.2, 0) is 22.6 Å². The lowest BCUT2D eigenvalue weighted by Gasteiger charge is -2.10. The van der Waals surface area contributed by atoms with E-state index >= 15 is 0 Å². The molecule has 0 aliphatic carbocycles. The molecule has 144 valence electrons. The molecule has 0 unspecified atom stereocenters. The molecular weight excluding hydrogens is 356 g/mol. The Morgan fingerprint density at radius 2 is 1.75 bits per heavy atom. The number of hydrogen-bond donors (Lipinski definition) is 2. The van der Waals surface area contributed by atoms with Crippen LogP contribution in [0.5, 0.6) is 0 Å². The Morgan fingerprint density at radius 3 is 2.46 bits per heavy atom. The second kappa shape index (κ2) is 8.47. The molecule has 0 radical (unpaired) electrons. The van der Waals surface area contributed by atoms with Crippen molar-refractivity contribution in [3.63, 3.8) is 0 Å². The van der Waals surface area contributed by atoms with Gasteiger partial charge in [-0.1, -0.05) is 30.3 Å². The quantitative estimate of drug-likeness (QED) is 0.687. The number of hydrogen-bond acceptors (Lipinski definition) is 4. The summed E-state index contributed by atoms with van der Waals surface area (Å²) >= 11 is 0. The van der Waals surface area contributed by atoms with E-state index in [1.807, 2.05) is 19.9 Å². The summed E-state index contributed by atoms with van der Waals surface area (Å²) in [5, 5.41) is 10.9. The third kappa shape index (κ3) is 4.82. The number of nitrogens with one attached hydrogen (secondary N) is 2. The molecule has 7 nitrogen and oxygen atoms in total. The highest BCUT2D eigenvalue weighted by atomic mass is 16.2. The zero-order valence-corrected chi connectivity index (χ0v) is 15.8. The first-order valence-corrected chi connectivity index (χ1v) is 9.05. The van der Waals surface area contributed by atoms with Gasteiger partial charge in [0.1, 0.15) is 6.54 Å². The van der Waals surface area contributed by atoms with E-state index in [9.17, 15) is 14.4 Å². The van der Waals surface area contributed by atoms with Crippen LogP contribution in [-0.4, -0.2) is 27.6 Å². The smallest absolute Gasteiger partial charge is 0.275 e. The summed E-state index contributed by atoms with van der Waals surface area (Å²) in [4.78, 5) is 36.5. The number of nitrogens with zero attached hydrogens (tertiary/aromatic N) is 2. The summed E-state index contributed by atoms with van der Waals surface area (Å²) in [7, 11) is 0. The topological polar surface area (TPSA) is 93.1 Å². The molecule has 1 heterocycles. The lowest BCUT2D eigenvalue weighted by molar-refractivity contribution is -0.121. The van der Waals surface area contributed by atoms with Gasteiger partial charge in [0.25, 0.3) is 5.56 Å². The van der Waals surface area contributed by atoms with Gasteiger partial charge in [-0.3, -0.25) is 14.4 Å². The second-order valence-corrected chi connectivity index (χ2v) is 6.84. The van der Waals surface area contributed by atoms with Gasteiger partial charge in [-0.2, -0.15) is 5.10 Å². The van der Waals surface area contributed by atoms with Crippen molar-refractivity contribution in [3.8, 4) is 0 Å². The molecule has 7 heteroatoms. The molecular formula is C21H22N4O3. The van der Waals surface area contributed by atoms with Crippen molar-refractivity contribution in [2.75, 3.05) is 5.32 Å². The Balaban J connectivity index is 1.63. The number of benzene rings is 2. The van der Waals surface area contributed by atoms with Crippen LogP contribution in [0.3, 0.4) is 0 Å². The van der Waals surface area contributed by atoms with E-state index in [2.05, 4.69) is 15.7 Å². The molecule has 3 rings (SSSR count). The van der Waals surface area contributed by atoms with Gasteiger partial charge in [0.2, 0.25) is 11.8 Å². The van der Waals surface area contributed by atoms with Gasteiger partial charge < -0.3 is 10.6 Å². The van der Waals surface area contributed by atoms with E-state index < -0.39 is 0 Å². The van der Waals surface area contributed by atoms with Crippen molar-refractivity contribution in [1.82, 2.24) is 15.1 Å². The Labute approximate surface area is 162 Å². The van der Waals surface area contributed by atoms with Crippen molar-refractivity contribution in [1.29, 1.82) is 0 Å². The third-order valence-electron chi connectivity index (χ3n) is 4.11. The second-order valence-electron chi connectivity index (χ2n) is 6.84. The molecule has 0 saturated carbocycles. The number of aromatic nitrogens is 2. The predicted octanol–water partition coefficient (Wildman–Crippen LogP) is 2.10. The minimum atomic E-state index is -0.352. The predicted molar refractivity (Wildman–Crippen MR) is 108 cm³/mol. The van der Waals surface area contributed by atoms with Crippen LogP contribution in [0.4, 0.5) is 5.69 Å². The molecule has 0 saturated heterocycles. The zero-order chi connectivity index (χ0) is 20.1. The van der Waals surface area contributed by atoms with E-state index in [1.54, 1.807) is 48.7 Å². The maximum atomic E-state index is 12.4. The fourth-order valence-corrected chi connectivity index (χ4v) is 2.84. The van der Waals surface area contributed by atoms with E-state index in [0.717, 1.165) is 15.6 Å². The molecule has 0 spiro atoms. The summed E-state index contributed by atoms with van der Waals surface area (Å²) < 4.78 is 1.14. The molecule has 1 aromatic heterocycles. The Morgan fingerprint density at radius 1 is 1.04 bits per heavy atom. The van der Waals surface area contributed by atoms with E-state index in [1.165, 1.54) is 0 Å². The molecule has 2 aromatic carbocycles. The van der Waals surface area contributed by atoms with Crippen LogP contribution in [0.25, 0.3) is 10.8 Å².